The third kappa shape index (κ3) is 8.97. The Morgan fingerprint density at radius 1 is 0.711 bits per heavy atom. The third-order valence-corrected chi connectivity index (χ3v) is 6.18. The van der Waals surface area contributed by atoms with E-state index in [9.17, 15) is 44.7 Å². The predicted octanol–water partition coefficient (Wildman–Crippen LogP) is 8.20. The first-order valence-electron chi connectivity index (χ1n) is 13.4. The highest BCUT2D eigenvalue weighted by Crippen LogP contribution is 2.48. The zero-order valence-corrected chi connectivity index (χ0v) is 23.6. The summed E-state index contributed by atoms with van der Waals surface area (Å²) in [5, 5.41) is 0. The van der Waals surface area contributed by atoms with E-state index in [-0.39, 0.29) is 11.3 Å². The molecule has 0 aromatic heterocycles. The summed E-state index contributed by atoms with van der Waals surface area (Å²) in [5.41, 5.74) is 0.992. The molecule has 3 aromatic rings. The lowest BCUT2D eigenvalue weighted by Gasteiger charge is -2.31. The van der Waals surface area contributed by atoms with Crippen molar-refractivity contribution in [3.8, 4) is 23.3 Å². The summed E-state index contributed by atoms with van der Waals surface area (Å²) < 4.78 is 119. The number of unbranched alkanes of at least 4 members (excludes halogenated alkanes) is 2. The Balaban J connectivity index is 1.53. The molecule has 0 fully saturated rings. The maximum atomic E-state index is 13.6. The second kappa shape index (κ2) is 14.9. The van der Waals surface area contributed by atoms with Crippen molar-refractivity contribution in [3.63, 3.8) is 0 Å². The van der Waals surface area contributed by atoms with Crippen LogP contribution >= 0.6 is 0 Å². The Kier molecular flexibility index (Phi) is 11.6. The van der Waals surface area contributed by atoms with Crippen LogP contribution in [0.15, 0.2) is 72.8 Å². The van der Waals surface area contributed by atoms with E-state index in [2.05, 4.69) is 23.5 Å². The molecule has 3 aromatic carbocycles. The molecule has 0 saturated carbocycles. The SMILES string of the molecule is CCCCCOc1ccc(C#Cc2ccc(C(=O)Oc3ccc(C(=O)OCC(F)(F)C(F)(F)C(F)(F)C(F)F)cc3)cc2)cc1. The lowest BCUT2D eigenvalue weighted by Crippen LogP contribution is -2.59. The quantitative estimate of drug-likeness (QED) is 0.0619. The number of alkyl halides is 8. The lowest BCUT2D eigenvalue weighted by atomic mass is 10.1. The number of hydrogen-bond acceptors (Lipinski definition) is 5. The van der Waals surface area contributed by atoms with Crippen LogP contribution in [0, 0.1) is 11.8 Å². The number of carbonyl (C=O) groups is 2. The van der Waals surface area contributed by atoms with Crippen LogP contribution in [-0.4, -0.2) is 49.3 Å². The van der Waals surface area contributed by atoms with Crippen molar-refractivity contribution in [2.45, 2.75) is 50.4 Å². The smallest absolute Gasteiger partial charge is 0.381 e. The van der Waals surface area contributed by atoms with Crippen molar-refractivity contribution in [1.29, 1.82) is 0 Å². The zero-order valence-electron chi connectivity index (χ0n) is 23.6. The van der Waals surface area contributed by atoms with Crippen molar-refractivity contribution < 1.29 is 58.9 Å². The van der Waals surface area contributed by atoms with Crippen molar-refractivity contribution >= 4 is 11.9 Å². The molecule has 3 rings (SSSR count). The molecule has 0 N–H and O–H groups in total. The van der Waals surface area contributed by atoms with Crippen molar-refractivity contribution in [2.75, 3.05) is 13.2 Å². The minimum absolute atomic E-state index is 0.105. The highest BCUT2D eigenvalue weighted by molar-refractivity contribution is 5.92. The maximum Gasteiger partial charge on any atom is 0.381 e. The largest absolute Gasteiger partial charge is 0.494 e. The molecule has 5 nitrogen and oxygen atoms in total. The zero-order chi connectivity index (χ0) is 33.3. The first-order chi connectivity index (χ1) is 21.2. The van der Waals surface area contributed by atoms with Gasteiger partial charge in [-0.15, -0.1) is 0 Å². The van der Waals surface area contributed by atoms with Gasteiger partial charge in [0.05, 0.1) is 17.7 Å². The van der Waals surface area contributed by atoms with Gasteiger partial charge in [0, 0.05) is 11.1 Å². The number of carbonyl (C=O) groups excluding carboxylic acids is 2. The van der Waals surface area contributed by atoms with E-state index in [0.29, 0.717) is 12.2 Å². The highest BCUT2D eigenvalue weighted by atomic mass is 19.4. The molecular weight excluding hydrogens is 616 g/mol. The molecular formula is C32H26F8O5. The Labute approximate surface area is 253 Å². The Bertz CT molecular complexity index is 1490. The van der Waals surface area contributed by atoms with E-state index >= 15 is 0 Å². The summed E-state index contributed by atoms with van der Waals surface area (Å²) in [7, 11) is 0. The van der Waals surface area contributed by atoms with Gasteiger partial charge in [0.1, 0.15) is 11.5 Å². The summed E-state index contributed by atoms with van der Waals surface area (Å²) in [6.45, 7) is 0.159. The minimum atomic E-state index is -6.51. The van der Waals surface area contributed by atoms with Gasteiger partial charge in [-0.25, -0.2) is 18.4 Å². The number of rotatable bonds is 13. The van der Waals surface area contributed by atoms with Crippen LogP contribution in [0.1, 0.15) is 58.0 Å². The fourth-order valence-electron chi connectivity index (χ4n) is 3.55. The molecule has 0 unspecified atom stereocenters. The molecule has 0 heterocycles. The number of esters is 2. The molecule has 0 amide bonds. The highest BCUT2D eigenvalue weighted by Gasteiger charge is 2.75. The van der Waals surface area contributed by atoms with E-state index in [4.69, 9.17) is 9.47 Å². The second-order valence-electron chi connectivity index (χ2n) is 9.60. The molecule has 0 saturated heterocycles. The van der Waals surface area contributed by atoms with E-state index in [1.807, 2.05) is 24.3 Å². The molecule has 0 aliphatic carbocycles. The number of benzene rings is 3. The van der Waals surface area contributed by atoms with Crippen LogP contribution in [0.2, 0.25) is 0 Å². The van der Waals surface area contributed by atoms with Crippen molar-refractivity contribution in [1.82, 2.24) is 0 Å². The summed E-state index contributed by atoms with van der Waals surface area (Å²) >= 11 is 0. The Hall–Kier alpha value is -4.60. The Morgan fingerprint density at radius 2 is 1.20 bits per heavy atom. The molecule has 13 heteroatoms. The molecule has 0 bridgehead atoms. The fraction of sp³-hybridized carbons (Fsp3) is 0.312. The first-order valence-corrected chi connectivity index (χ1v) is 13.4. The number of ether oxygens (including phenoxy) is 3. The molecule has 45 heavy (non-hydrogen) atoms. The number of halogens is 8. The second-order valence-corrected chi connectivity index (χ2v) is 9.60. The van der Waals surface area contributed by atoms with Gasteiger partial charge in [-0.3, -0.25) is 0 Å². The minimum Gasteiger partial charge on any atom is -0.494 e. The van der Waals surface area contributed by atoms with Gasteiger partial charge in [0.25, 0.3) is 0 Å². The van der Waals surface area contributed by atoms with E-state index in [1.54, 1.807) is 12.1 Å². The summed E-state index contributed by atoms with van der Waals surface area (Å²) in [6.07, 6.45) is -1.91. The molecule has 240 valence electrons. The normalized spacial score (nSPS) is 11.9. The monoisotopic (exact) mass is 642 g/mol. The summed E-state index contributed by atoms with van der Waals surface area (Å²) in [5.74, 6) is -14.5. The summed E-state index contributed by atoms with van der Waals surface area (Å²) in [6, 6.07) is 17.3. The van der Waals surface area contributed by atoms with Gasteiger partial charge >= 0.3 is 36.1 Å². The Morgan fingerprint density at radius 3 is 1.73 bits per heavy atom. The van der Waals surface area contributed by atoms with Crippen LogP contribution in [0.4, 0.5) is 35.1 Å². The van der Waals surface area contributed by atoms with Crippen LogP contribution in [0.5, 0.6) is 11.5 Å². The van der Waals surface area contributed by atoms with Gasteiger partial charge in [0.15, 0.2) is 6.61 Å². The van der Waals surface area contributed by atoms with Gasteiger partial charge in [-0.2, -0.15) is 26.3 Å². The van der Waals surface area contributed by atoms with Crippen LogP contribution in [0.3, 0.4) is 0 Å². The average Bonchev–Trinajstić information content (AvgIpc) is 3.02. The first kappa shape index (κ1) is 34.9. The van der Waals surface area contributed by atoms with E-state index < -0.39 is 48.3 Å². The van der Waals surface area contributed by atoms with Crippen LogP contribution in [0.25, 0.3) is 0 Å². The topological polar surface area (TPSA) is 61.8 Å². The van der Waals surface area contributed by atoms with Crippen molar-refractivity contribution in [2.24, 2.45) is 0 Å². The average molecular weight is 643 g/mol. The van der Waals surface area contributed by atoms with Gasteiger partial charge in [-0.1, -0.05) is 31.6 Å². The van der Waals surface area contributed by atoms with E-state index in [1.165, 1.54) is 12.1 Å². The third-order valence-electron chi connectivity index (χ3n) is 6.18. The van der Waals surface area contributed by atoms with Gasteiger partial charge < -0.3 is 14.2 Å². The predicted molar refractivity (Wildman–Crippen MR) is 146 cm³/mol. The lowest BCUT2D eigenvalue weighted by molar-refractivity contribution is -0.343. The molecule has 0 atom stereocenters. The maximum absolute atomic E-state index is 13.6. The van der Waals surface area contributed by atoms with Crippen molar-refractivity contribution in [3.05, 3.63) is 95.1 Å². The van der Waals surface area contributed by atoms with Crippen LogP contribution < -0.4 is 9.47 Å². The van der Waals surface area contributed by atoms with Gasteiger partial charge in [-0.05, 0) is 79.2 Å². The fourth-order valence-corrected chi connectivity index (χ4v) is 3.55. The van der Waals surface area contributed by atoms with Gasteiger partial charge in [0.2, 0.25) is 0 Å². The molecule has 0 radical (unpaired) electrons. The number of hydrogen-bond donors (Lipinski definition) is 0. The van der Waals surface area contributed by atoms with E-state index in [0.717, 1.165) is 54.8 Å². The molecule has 0 aliphatic heterocycles. The summed E-state index contributed by atoms with van der Waals surface area (Å²) in [4.78, 5) is 24.4. The standard InChI is InChI=1S/C32H26F8O5/c1-2-3-4-19-43-25-15-9-22(10-16-25)6-5-21-7-11-24(12-8-21)28(42)45-26-17-13-23(14-18-26)27(41)44-20-30(35,36)32(39,40)31(37,38)29(33)34/h7-18,29H,2-4,19-20H2,1H3. The molecule has 0 spiro atoms. The van der Waals surface area contributed by atoms with Crippen LogP contribution in [-0.2, 0) is 4.74 Å². The molecule has 0 aliphatic rings.